The summed E-state index contributed by atoms with van der Waals surface area (Å²) in [5, 5.41) is 28.0. The van der Waals surface area contributed by atoms with Crippen LogP contribution < -0.4 is 4.90 Å². The SMILES string of the molecule is Cc1ccc(S(=O)(=O)N(C)CC(=O)N(CC2CCC(S(=O)(=O)c3ccc(C#N)cc3)CC2)c2ccc(C(=O)O)c(O)c2)cc1. The normalized spacial score (nSPS) is 17.1. The summed E-state index contributed by atoms with van der Waals surface area (Å²) in [6.45, 7) is 1.40. The first-order valence-corrected chi connectivity index (χ1v) is 16.9. The van der Waals surface area contributed by atoms with Crippen LogP contribution in [0.25, 0.3) is 0 Å². The lowest BCUT2D eigenvalue weighted by Crippen LogP contribution is -2.44. The first kappa shape index (κ1) is 32.7. The average molecular weight is 640 g/mol. The molecule has 0 spiro atoms. The number of sulfone groups is 1. The van der Waals surface area contributed by atoms with E-state index in [1.54, 1.807) is 12.1 Å². The lowest BCUT2D eigenvalue weighted by molar-refractivity contribution is -0.118. The Kier molecular flexibility index (Phi) is 9.78. The Labute approximate surface area is 256 Å². The van der Waals surface area contributed by atoms with Gasteiger partial charge in [0.25, 0.3) is 0 Å². The number of benzene rings is 3. The van der Waals surface area contributed by atoms with Crippen molar-refractivity contribution < 1.29 is 36.6 Å². The highest BCUT2D eigenvalue weighted by Gasteiger charge is 2.34. The molecular weight excluding hydrogens is 606 g/mol. The number of carboxylic acids is 1. The number of phenols is 1. The second kappa shape index (κ2) is 13.2. The molecule has 0 unspecified atom stereocenters. The highest BCUT2D eigenvalue weighted by Crippen LogP contribution is 2.34. The van der Waals surface area contributed by atoms with Gasteiger partial charge in [-0.1, -0.05) is 17.7 Å². The van der Waals surface area contributed by atoms with Gasteiger partial charge >= 0.3 is 5.97 Å². The number of amides is 1. The van der Waals surface area contributed by atoms with Crippen LogP contribution in [0.15, 0.2) is 76.5 Å². The van der Waals surface area contributed by atoms with Crippen molar-refractivity contribution in [1.82, 2.24) is 4.31 Å². The molecule has 0 heterocycles. The first-order chi connectivity index (χ1) is 20.7. The summed E-state index contributed by atoms with van der Waals surface area (Å²) < 4.78 is 53.7. The number of anilines is 1. The highest BCUT2D eigenvalue weighted by molar-refractivity contribution is 7.92. The zero-order chi connectivity index (χ0) is 32.2. The van der Waals surface area contributed by atoms with Gasteiger partial charge in [-0.15, -0.1) is 0 Å². The Morgan fingerprint density at radius 2 is 1.50 bits per heavy atom. The van der Waals surface area contributed by atoms with E-state index in [2.05, 4.69) is 0 Å². The summed E-state index contributed by atoms with van der Waals surface area (Å²) >= 11 is 0. The molecule has 232 valence electrons. The molecule has 1 amide bonds. The van der Waals surface area contributed by atoms with Crippen LogP contribution in [0.2, 0.25) is 0 Å². The van der Waals surface area contributed by atoms with Gasteiger partial charge in [0, 0.05) is 25.3 Å². The number of rotatable bonds is 10. The molecule has 4 rings (SSSR count). The Balaban J connectivity index is 1.53. The van der Waals surface area contributed by atoms with Gasteiger partial charge in [0.15, 0.2) is 9.84 Å². The molecule has 0 radical (unpaired) electrons. The summed E-state index contributed by atoms with van der Waals surface area (Å²) in [4.78, 5) is 26.6. The monoisotopic (exact) mass is 639 g/mol. The van der Waals surface area contributed by atoms with Crippen molar-refractivity contribution in [3.05, 3.63) is 83.4 Å². The van der Waals surface area contributed by atoms with E-state index in [0.29, 0.717) is 31.2 Å². The number of aryl methyl sites for hydroxylation is 1. The second-order valence-corrected chi connectivity index (χ2v) is 15.2. The van der Waals surface area contributed by atoms with Gasteiger partial charge in [0.2, 0.25) is 15.9 Å². The molecular formula is C31H33N3O8S2. The molecule has 0 saturated heterocycles. The Bertz CT molecular complexity index is 1790. The second-order valence-electron chi connectivity index (χ2n) is 10.9. The van der Waals surface area contributed by atoms with Crippen LogP contribution in [0.5, 0.6) is 5.75 Å². The first-order valence-electron chi connectivity index (χ1n) is 13.9. The summed E-state index contributed by atoms with van der Waals surface area (Å²) in [6.07, 6.45) is 1.58. The summed E-state index contributed by atoms with van der Waals surface area (Å²) in [6, 6.07) is 17.6. The number of sulfonamides is 1. The number of carbonyl (C=O) groups is 2. The van der Waals surface area contributed by atoms with Gasteiger partial charge in [-0.2, -0.15) is 9.57 Å². The molecule has 1 aliphatic carbocycles. The number of nitriles is 1. The topological polar surface area (TPSA) is 173 Å². The lowest BCUT2D eigenvalue weighted by Gasteiger charge is -2.33. The van der Waals surface area contributed by atoms with Crippen molar-refractivity contribution >= 4 is 37.4 Å². The van der Waals surface area contributed by atoms with E-state index >= 15 is 0 Å². The lowest BCUT2D eigenvalue weighted by atomic mass is 9.88. The van der Waals surface area contributed by atoms with E-state index < -0.39 is 49.3 Å². The van der Waals surface area contributed by atoms with Crippen molar-refractivity contribution in [2.45, 2.75) is 47.6 Å². The number of carboxylic acid groups (broad SMARTS) is 1. The molecule has 1 fully saturated rings. The van der Waals surface area contributed by atoms with Crippen LogP contribution in [-0.4, -0.2) is 68.6 Å². The summed E-state index contributed by atoms with van der Waals surface area (Å²) in [5.74, 6) is -2.65. The average Bonchev–Trinajstić information content (AvgIpc) is 3.00. The number of carbonyl (C=O) groups excluding carboxylic acids is 1. The molecule has 2 N–H and O–H groups in total. The maximum absolute atomic E-state index is 13.7. The van der Waals surface area contributed by atoms with Crippen LogP contribution in [-0.2, 0) is 24.7 Å². The minimum atomic E-state index is -4.01. The third-order valence-corrected chi connectivity index (χ3v) is 12.0. The standard InChI is InChI=1S/C31H33N3O8S2/c1-21-3-10-27(11-4-21)44(41,42)33(2)20-30(36)34(24-9-16-28(31(37)38)29(35)17-24)19-23-7-14-26(15-8-23)43(39,40)25-12-5-22(18-32)6-13-25/h3-6,9-13,16-17,23,26,35H,7-8,14-15,19-20H2,1-2H3,(H,37,38). The van der Waals surface area contributed by atoms with Crippen LogP contribution in [0.3, 0.4) is 0 Å². The fourth-order valence-electron chi connectivity index (χ4n) is 5.27. The van der Waals surface area contributed by atoms with Crippen LogP contribution in [0.1, 0.15) is 47.2 Å². The zero-order valence-corrected chi connectivity index (χ0v) is 25.9. The Morgan fingerprint density at radius 1 is 0.909 bits per heavy atom. The van der Waals surface area contributed by atoms with E-state index in [1.807, 2.05) is 13.0 Å². The van der Waals surface area contributed by atoms with Crippen LogP contribution in [0, 0.1) is 24.2 Å². The maximum atomic E-state index is 13.7. The van der Waals surface area contributed by atoms with Gasteiger partial charge in [-0.05, 0) is 87.1 Å². The smallest absolute Gasteiger partial charge is 0.339 e. The van der Waals surface area contributed by atoms with Crippen molar-refractivity contribution in [2.24, 2.45) is 5.92 Å². The van der Waals surface area contributed by atoms with E-state index in [4.69, 9.17) is 5.26 Å². The Hall–Kier alpha value is -4.25. The quantitative estimate of drug-likeness (QED) is 0.333. The molecule has 44 heavy (non-hydrogen) atoms. The highest BCUT2D eigenvalue weighted by atomic mass is 32.2. The molecule has 1 saturated carbocycles. The van der Waals surface area contributed by atoms with E-state index in [0.717, 1.165) is 15.9 Å². The third kappa shape index (κ3) is 7.10. The van der Waals surface area contributed by atoms with Crippen molar-refractivity contribution in [1.29, 1.82) is 5.26 Å². The van der Waals surface area contributed by atoms with Gasteiger partial charge in [-0.25, -0.2) is 21.6 Å². The number of aromatic hydroxyl groups is 1. The fraction of sp³-hybridized carbons (Fsp3) is 0.323. The molecule has 3 aromatic carbocycles. The maximum Gasteiger partial charge on any atom is 0.339 e. The molecule has 13 heteroatoms. The van der Waals surface area contributed by atoms with E-state index in [-0.39, 0.29) is 33.5 Å². The van der Waals surface area contributed by atoms with Crippen molar-refractivity contribution in [2.75, 3.05) is 25.0 Å². The molecule has 0 bridgehead atoms. The predicted molar refractivity (Wildman–Crippen MR) is 163 cm³/mol. The number of hydrogen-bond donors (Lipinski definition) is 2. The molecule has 3 aromatic rings. The molecule has 1 aliphatic rings. The van der Waals surface area contributed by atoms with Crippen molar-refractivity contribution in [3.63, 3.8) is 0 Å². The van der Waals surface area contributed by atoms with Crippen LogP contribution >= 0.6 is 0 Å². The zero-order valence-electron chi connectivity index (χ0n) is 24.3. The predicted octanol–water partition coefficient (Wildman–Crippen LogP) is 3.96. The number of nitrogens with zero attached hydrogens (tertiary/aromatic N) is 3. The molecule has 0 aliphatic heterocycles. The number of likely N-dealkylation sites (N-methyl/N-ethyl adjacent to an activating group) is 1. The number of hydrogen-bond acceptors (Lipinski definition) is 8. The minimum absolute atomic E-state index is 0.0233. The Morgan fingerprint density at radius 3 is 2.05 bits per heavy atom. The van der Waals surface area contributed by atoms with Gasteiger partial charge in [-0.3, -0.25) is 4.79 Å². The minimum Gasteiger partial charge on any atom is -0.507 e. The summed E-state index contributed by atoms with van der Waals surface area (Å²) in [5.41, 5.74) is 1.06. The largest absolute Gasteiger partial charge is 0.507 e. The summed E-state index contributed by atoms with van der Waals surface area (Å²) in [7, 11) is -6.36. The number of aromatic carboxylic acids is 1. The van der Waals surface area contributed by atoms with Crippen LogP contribution in [0.4, 0.5) is 5.69 Å². The fourth-order valence-corrected chi connectivity index (χ4v) is 8.18. The molecule has 0 aromatic heterocycles. The van der Waals surface area contributed by atoms with Gasteiger partial charge in [0.05, 0.1) is 33.2 Å². The molecule has 11 nitrogen and oxygen atoms in total. The van der Waals surface area contributed by atoms with E-state index in [9.17, 15) is 36.6 Å². The van der Waals surface area contributed by atoms with Crippen molar-refractivity contribution in [3.8, 4) is 11.8 Å². The molecule has 0 atom stereocenters. The third-order valence-electron chi connectivity index (χ3n) is 7.90. The van der Waals surface area contributed by atoms with E-state index in [1.165, 1.54) is 60.5 Å². The van der Waals surface area contributed by atoms with Gasteiger partial charge < -0.3 is 15.1 Å². The van der Waals surface area contributed by atoms with Gasteiger partial charge in [0.1, 0.15) is 11.3 Å².